The predicted octanol–water partition coefficient (Wildman–Crippen LogP) is 2.91. The highest BCUT2D eigenvalue weighted by Crippen LogP contribution is 2.37. The Bertz CT molecular complexity index is 462. The number of rotatable bonds is 1. The molecule has 0 bridgehead atoms. The van der Waals surface area contributed by atoms with Crippen molar-refractivity contribution in [3.05, 3.63) is 28.8 Å². The molecule has 0 aromatic heterocycles. The summed E-state index contributed by atoms with van der Waals surface area (Å²) in [4.78, 5) is 0. The minimum Gasteiger partial charge on any atom is -0.399 e. The van der Waals surface area contributed by atoms with Crippen LogP contribution in [-0.2, 0) is 9.31 Å². The van der Waals surface area contributed by atoms with Crippen molar-refractivity contribution in [2.45, 2.75) is 59.7 Å². The zero-order valence-electron chi connectivity index (χ0n) is 12.5. The summed E-state index contributed by atoms with van der Waals surface area (Å²) in [7, 11) is -0.255. The fourth-order valence-electron chi connectivity index (χ4n) is 2.30. The summed E-state index contributed by atoms with van der Waals surface area (Å²) in [5.41, 5.74) is 4.42. The van der Waals surface area contributed by atoms with Gasteiger partial charge in [0.05, 0.1) is 11.2 Å². The maximum atomic E-state index is 6.14. The number of benzene rings is 1. The Hall–Kier alpha value is -0.795. The monoisotopic (exact) mass is 246 g/mol. The van der Waals surface area contributed by atoms with E-state index in [-0.39, 0.29) is 18.3 Å². The molecule has 1 fully saturated rings. The van der Waals surface area contributed by atoms with Crippen LogP contribution in [0, 0.1) is 20.8 Å². The Balaban J connectivity index is 2.44. The molecule has 0 saturated carbocycles. The van der Waals surface area contributed by atoms with E-state index in [0.717, 1.165) is 0 Å². The van der Waals surface area contributed by atoms with Crippen LogP contribution in [0.4, 0.5) is 0 Å². The van der Waals surface area contributed by atoms with Gasteiger partial charge in [0.1, 0.15) is 0 Å². The molecule has 0 atom stereocenters. The second-order valence-electron chi connectivity index (χ2n) is 6.33. The summed E-state index contributed by atoms with van der Waals surface area (Å²) in [6.45, 7) is 14.8. The first-order valence-corrected chi connectivity index (χ1v) is 6.58. The first-order chi connectivity index (χ1) is 8.16. The standard InChI is InChI=1S/C15H23BO2/c1-10-8-9-11(2)13(12(10)3)16-17-14(4,5)15(6,7)18-16/h8-9H,1-7H3. The lowest BCUT2D eigenvalue weighted by Crippen LogP contribution is -2.41. The van der Waals surface area contributed by atoms with E-state index in [9.17, 15) is 0 Å². The van der Waals surface area contributed by atoms with Crippen molar-refractivity contribution in [1.82, 2.24) is 0 Å². The Morgan fingerprint density at radius 2 is 1.28 bits per heavy atom. The number of aryl methyl sites for hydroxylation is 2. The molecule has 18 heavy (non-hydrogen) atoms. The van der Waals surface area contributed by atoms with Gasteiger partial charge >= 0.3 is 7.12 Å². The minimum atomic E-state index is -0.277. The molecule has 0 unspecified atom stereocenters. The highest BCUT2D eigenvalue weighted by molar-refractivity contribution is 6.63. The minimum absolute atomic E-state index is 0.255. The van der Waals surface area contributed by atoms with Crippen LogP contribution in [0.3, 0.4) is 0 Å². The van der Waals surface area contributed by atoms with Crippen LogP contribution in [-0.4, -0.2) is 18.3 Å². The van der Waals surface area contributed by atoms with Crippen molar-refractivity contribution >= 4 is 12.6 Å². The zero-order valence-corrected chi connectivity index (χ0v) is 12.5. The molecular weight excluding hydrogens is 223 g/mol. The maximum Gasteiger partial charge on any atom is 0.495 e. The van der Waals surface area contributed by atoms with E-state index in [2.05, 4.69) is 60.6 Å². The summed E-state index contributed by atoms with van der Waals surface area (Å²) >= 11 is 0. The molecule has 0 spiro atoms. The molecule has 1 aromatic carbocycles. The molecule has 0 N–H and O–H groups in total. The second-order valence-corrected chi connectivity index (χ2v) is 6.33. The van der Waals surface area contributed by atoms with Gasteiger partial charge in [-0.3, -0.25) is 0 Å². The van der Waals surface area contributed by atoms with Gasteiger partial charge in [0, 0.05) is 0 Å². The molecule has 3 heteroatoms. The second kappa shape index (κ2) is 4.11. The summed E-state index contributed by atoms with van der Waals surface area (Å²) in [5.74, 6) is 0. The Kier molecular flexibility index (Phi) is 3.11. The van der Waals surface area contributed by atoms with Crippen LogP contribution in [0.25, 0.3) is 0 Å². The van der Waals surface area contributed by atoms with Crippen molar-refractivity contribution in [2.75, 3.05) is 0 Å². The van der Waals surface area contributed by atoms with E-state index in [1.165, 1.54) is 22.2 Å². The highest BCUT2D eigenvalue weighted by Gasteiger charge is 2.52. The normalized spacial score (nSPS) is 21.4. The van der Waals surface area contributed by atoms with Gasteiger partial charge in [-0.25, -0.2) is 0 Å². The molecule has 0 aliphatic carbocycles. The van der Waals surface area contributed by atoms with Gasteiger partial charge < -0.3 is 9.31 Å². The Morgan fingerprint density at radius 1 is 0.833 bits per heavy atom. The summed E-state index contributed by atoms with van der Waals surface area (Å²) in [6.07, 6.45) is 0. The molecule has 1 aromatic rings. The molecule has 0 amide bonds. The molecule has 0 radical (unpaired) electrons. The van der Waals surface area contributed by atoms with Gasteiger partial charge in [0.25, 0.3) is 0 Å². The molecule has 1 aliphatic rings. The van der Waals surface area contributed by atoms with Crippen LogP contribution < -0.4 is 5.46 Å². The summed E-state index contributed by atoms with van der Waals surface area (Å²) in [6, 6.07) is 4.29. The molecule has 2 nitrogen and oxygen atoms in total. The fraction of sp³-hybridized carbons (Fsp3) is 0.600. The molecule has 1 aliphatic heterocycles. The van der Waals surface area contributed by atoms with Gasteiger partial charge in [-0.2, -0.15) is 0 Å². The molecular formula is C15H23BO2. The maximum absolute atomic E-state index is 6.14. The van der Waals surface area contributed by atoms with Crippen LogP contribution in [0.2, 0.25) is 0 Å². The lowest BCUT2D eigenvalue weighted by molar-refractivity contribution is 0.00578. The van der Waals surface area contributed by atoms with E-state index in [0.29, 0.717) is 0 Å². The van der Waals surface area contributed by atoms with Gasteiger partial charge in [0.2, 0.25) is 0 Å². The van der Waals surface area contributed by atoms with Crippen LogP contribution in [0.5, 0.6) is 0 Å². The average Bonchev–Trinajstić information content (AvgIpc) is 2.43. The number of hydrogen-bond acceptors (Lipinski definition) is 2. The van der Waals surface area contributed by atoms with Gasteiger partial charge in [-0.1, -0.05) is 17.7 Å². The predicted molar refractivity (Wildman–Crippen MR) is 76.4 cm³/mol. The molecule has 98 valence electrons. The van der Waals surface area contributed by atoms with Gasteiger partial charge in [-0.05, 0) is 65.1 Å². The first kappa shape index (κ1) is 13.6. The number of hydrogen-bond donors (Lipinski definition) is 0. The Morgan fingerprint density at radius 3 is 1.78 bits per heavy atom. The zero-order chi connectivity index (χ0) is 13.7. The smallest absolute Gasteiger partial charge is 0.399 e. The average molecular weight is 246 g/mol. The van der Waals surface area contributed by atoms with Gasteiger partial charge in [-0.15, -0.1) is 0 Å². The fourth-order valence-corrected chi connectivity index (χ4v) is 2.30. The lowest BCUT2D eigenvalue weighted by atomic mass is 9.72. The molecule has 1 saturated heterocycles. The topological polar surface area (TPSA) is 18.5 Å². The third-order valence-electron chi connectivity index (χ3n) is 4.49. The quantitative estimate of drug-likeness (QED) is 0.709. The van der Waals surface area contributed by atoms with Crippen molar-refractivity contribution in [3.63, 3.8) is 0 Å². The molecule has 1 heterocycles. The third-order valence-corrected chi connectivity index (χ3v) is 4.49. The highest BCUT2D eigenvalue weighted by atomic mass is 16.7. The van der Waals surface area contributed by atoms with Gasteiger partial charge in [0.15, 0.2) is 0 Å². The lowest BCUT2D eigenvalue weighted by Gasteiger charge is -2.32. The van der Waals surface area contributed by atoms with Crippen molar-refractivity contribution in [3.8, 4) is 0 Å². The van der Waals surface area contributed by atoms with Crippen LogP contribution >= 0.6 is 0 Å². The van der Waals surface area contributed by atoms with Crippen molar-refractivity contribution in [1.29, 1.82) is 0 Å². The Labute approximate surface area is 111 Å². The largest absolute Gasteiger partial charge is 0.495 e. The summed E-state index contributed by atoms with van der Waals surface area (Å²) < 4.78 is 12.3. The van der Waals surface area contributed by atoms with E-state index in [1.807, 2.05) is 0 Å². The van der Waals surface area contributed by atoms with Crippen LogP contribution in [0.15, 0.2) is 12.1 Å². The SMILES string of the molecule is Cc1ccc(C)c(B2OC(C)(C)C(C)(C)O2)c1C. The first-order valence-electron chi connectivity index (χ1n) is 6.58. The van der Waals surface area contributed by atoms with Crippen LogP contribution in [0.1, 0.15) is 44.4 Å². The van der Waals surface area contributed by atoms with E-state index in [1.54, 1.807) is 0 Å². The third kappa shape index (κ3) is 2.00. The van der Waals surface area contributed by atoms with Crippen molar-refractivity contribution < 1.29 is 9.31 Å². The molecule has 2 rings (SSSR count). The van der Waals surface area contributed by atoms with E-state index >= 15 is 0 Å². The van der Waals surface area contributed by atoms with E-state index in [4.69, 9.17) is 9.31 Å². The van der Waals surface area contributed by atoms with E-state index < -0.39 is 0 Å². The van der Waals surface area contributed by atoms with Crippen molar-refractivity contribution in [2.24, 2.45) is 0 Å². The summed E-state index contributed by atoms with van der Waals surface area (Å²) in [5, 5.41) is 0.